The maximum absolute atomic E-state index is 14.8. The number of pyridine rings is 1. The molecule has 0 unspecified atom stereocenters. The van der Waals surface area contributed by atoms with E-state index < -0.39 is 16.8 Å². The molecule has 1 aliphatic rings. The predicted molar refractivity (Wildman–Crippen MR) is 129 cm³/mol. The summed E-state index contributed by atoms with van der Waals surface area (Å²) in [5, 5.41) is 12.6. The van der Waals surface area contributed by atoms with Gasteiger partial charge in [0.1, 0.15) is 40.4 Å². The van der Waals surface area contributed by atoms with Crippen molar-refractivity contribution in [3.63, 3.8) is 0 Å². The fraction of sp³-hybridized carbons (Fsp3) is 0.182. The first-order chi connectivity index (χ1) is 16.7. The number of nitrogens with one attached hydrogen (secondary N) is 1. The number of hydrogen-bond acceptors (Lipinski definition) is 10. The van der Waals surface area contributed by atoms with E-state index in [2.05, 4.69) is 25.3 Å². The van der Waals surface area contributed by atoms with Crippen LogP contribution in [0.3, 0.4) is 0 Å². The lowest BCUT2D eigenvalue weighted by Gasteiger charge is -2.22. The van der Waals surface area contributed by atoms with Gasteiger partial charge in [-0.05, 0) is 37.1 Å². The Morgan fingerprint density at radius 3 is 2.60 bits per heavy atom. The average molecular weight is 493 g/mol. The third-order valence-corrected chi connectivity index (χ3v) is 6.26. The Labute approximate surface area is 202 Å². The van der Waals surface area contributed by atoms with Crippen LogP contribution in [0.1, 0.15) is 24.2 Å². The number of aromatic nitrogens is 5. The fourth-order valence-corrected chi connectivity index (χ4v) is 4.19. The molecule has 4 aromatic rings. The highest BCUT2D eigenvalue weighted by molar-refractivity contribution is 6.35. The van der Waals surface area contributed by atoms with Crippen molar-refractivity contribution in [1.82, 2.24) is 24.5 Å². The van der Waals surface area contributed by atoms with Gasteiger partial charge in [-0.1, -0.05) is 11.6 Å². The molecule has 5 rings (SSSR count). The van der Waals surface area contributed by atoms with Gasteiger partial charge >= 0.3 is 0 Å². The molecule has 1 saturated carbocycles. The number of anilines is 4. The van der Waals surface area contributed by atoms with Crippen LogP contribution in [0.2, 0.25) is 5.02 Å². The zero-order chi connectivity index (χ0) is 24.9. The van der Waals surface area contributed by atoms with Gasteiger partial charge in [-0.15, -0.1) is 0 Å². The highest BCUT2D eigenvalue weighted by atomic mass is 35.5. The van der Waals surface area contributed by atoms with Gasteiger partial charge in [0.2, 0.25) is 5.95 Å². The molecular formula is C22H18ClFN10O. The summed E-state index contributed by atoms with van der Waals surface area (Å²) in [5.41, 5.74) is 16.3. The molecular weight excluding hydrogens is 475 g/mol. The molecule has 0 spiro atoms. The van der Waals surface area contributed by atoms with E-state index in [9.17, 15) is 14.4 Å². The first kappa shape index (κ1) is 22.3. The van der Waals surface area contributed by atoms with Crippen molar-refractivity contribution in [3.05, 3.63) is 63.0 Å². The van der Waals surface area contributed by atoms with E-state index in [-0.39, 0.29) is 51.4 Å². The van der Waals surface area contributed by atoms with Gasteiger partial charge in [-0.3, -0.25) is 9.36 Å². The van der Waals surface area contributed by atoms with Crippen molar-refractivity contribution in [2.24, 2.45) is 0 Å². The van der Waals surface area contributed by atoms with E-state index in [4.69, 9.17) is 28.8 Å². The van der Waals surface area contributed by atoms with Crippen LogP contribution in [-0.4, -0.2) is 31.0 Å². The number of nitrogen functional groups attached to an aromatic ring is 3. The van der Waals surface area contributed by atoms with Crippen LogP contribution in [0.15, 0.2) is 35.3 Å². The lowest BCUT2D eigenvalue weighted by molar-refractivity contribution is 0.616. The minimum Gasteiger partial charge on any atom is -0.384 e. The molecule has 1 aromatic carbocycles. The summed E-state index contributed by atoms with van der Waals surface area (Å²) >= 11 is 6.27. The molecule has 13 heteroatoms. The largest absolute Gasteiger partial charge is 0.384 e. The lowest BCUT2D eigenvalue weighted by Crippen LogP contribution is -2.32. The first-order valence-corrected chi connectivity index (χ1v) is 10.8. The maximum atomic E-state index is 14.8. The molecule has 176 valence electrons. The van der Waals surface area contributed by atoms with Crippen LogP contribution in [0, 0.1) is 17.1 Å². The van der Waals surface area contributed by atoms with Gasteiger partial charge in [0.05, 0.1) is 22.3 Å². The van der Waals surface area contributed by atoms with Crippen LogP contribution in [-0.2, 0) is 5.41 Å². The van der Waals surface area contributed by atoms with Crippen molar-refractivity contribution >= 4 is 45.9 Å². The van der Waals surface area contributed by atoms with Gasteiger partial charge in [0.25, 0.3) is 5.56 Å². The van der Waals surface area contributed by atoms with Crippen molar-refractivity contribution in [1.29, 1.82) is 5.26 Å². The van der Waals surface area contributed by atoms with Crippen LogP contribution < -0.4 is 28.1 Å². The van der Waals surface area contributed by atoms with E-state index in [1.807, 2.05) is 6.07 Å². The maximum Gasteiger partial charge on any atom is 0.267 e. The van der Waals surface area contributed by atoms with Gasteiger partial charge in [-0.25, -0.2) is 14.4 Å². The number of hydrogen-bond donors (Lipinski definition) is 4. The second-order valence-corrected chi connectivity index (χ2v) is 8.61. The molecule has 0 radical (unpaired) electrons. The third-order valence-electron chi connectivity index (χ3n) is 5.94. The summed E-state index contributed by atoms with van der Waals surface area (Å²) in [5.74, 6) is -0.0910. The molecule has 1 fully saturated rings. The Kier molecular flexibility index (Phi) is 5.14. The molecule has 1 aliphatic carbocycles. The molecule has 3 aromatic heterocycles. The van der Waals surface area contributed by atoms with Crippen LogP contribution >= 0.6 is 11.6 Å². The van der Waals surface area contributed by atoms with Crippen molar-refractivity contribution in [2.45, 2.75) is 18.3 Å². The second kappa shape index (κ2) is 8.07. The summed E-state index contributed by atoms with van der Waals surface area (Å²) in [6.07, 6.45) is 2.69. The number of nitrogens with two attached hydrogens (primary N) is 3. The number of fused-ring (bicyclic) bond motifs is 1. The summed E-state index contributed by atoms with van der Waals surface area (Å²) < 4.78 is 16.1. The zero-order valence-electron chi connectivity index (χ0n) is 18.1. The molecule has 0 aliphatic heterocycles. The minimum absolute atomic E-state index is 0.0411. The number of nitriles is 1. The monoisotopic (exact) mass is 492 g/mol. The predicted octanol–water partition coefficient (Wildman–Crippen LogP) is 2.13. The summed E-state index contributed by atoms with van der Waals surface area (Å²) in [6.45, 7) is 0.208. The molecule has 0 atom stereocenters. The van der Waals surface area contributed by atoms with E-state index in [0.717, 1.165) is 0 Å². The van der Waals surface area contributed by atoms with Gasteiger partial charge in [0, 0.05) is 12.0 Å². The highest BCUT2D eigenvalue weighted by Gasteiger charge is 2.48. The van der Waals surface area contributed by atoms with Gasteiger partial charge < -0.3 is 22.5 Å². The van der Waals surface area contributed by atoms with Crippen LogP contribution in [0.25, 0.3) is 16.6 Å². The molecule has 7 N–H and O–H groups in total. The topological polar surface area (TPSA) is 187 Å². The standard InChI is InChI=1S/C22H18ClFN10O/c23-12-2-3-13(24)16-15(12)19(35)34(10-1-4-14(26)29-8-10)20(31-16)22(5-6-22)9-30-18-11(7-25)17(27)32-21(28)33-18/h1-4,8H,5-6,9H2,(H2,26,29)(H5,27,28,30,32,33). The molecule has 0 amide bonds. The normalized spacial score (nSPS) is 14.0. The highest BCUT2D eigenvalue weighted by Crippen LogP contribution is 2.48. The minimum atomic E-state index is -0.690. The first-order valence-electron chi connectivity index (χ1n) is 10.4. The fourth-order valence-electron chi connectivity index (χ4n) is 3.96. The second-order valence-electron chi connectivity index (χ2n) is 8.21. The Bertz CT molecular complexity index is 1590. The quantitative estimate of drug-likeness (QED) is 0.321. The van der Waals surface area contributed by atoms with E-state index in [1.54, 1.807) is 12.1 Å². The summed E-state index contributed by atoms with van der Waals surface area (Å²) in [4.78, 5) is 30.2. The SMILES string of the molecule is N#Cc1c(N)nc(N)nc1NCC1(c2nc3c(F)ccc(Cl)c3c(=O)n2-c2ccc(N)nc2)CC1. The Hall–Kier alpha value is -4.50. The Balaban J connectivity index is 1.68. The summed E-state index contributed by atoms with van der Waals surface area (Å²) in [6, 6.07) is 7.60. The number of benzene rings is 1. The van der Waals surface area contributed by atoms with E-state index in [0.29, 0.717) is 24.4 Å². The Morgan fingerprint density at radius 2 is 1.94 bits per heavy atom. The molecule has 11 nitrogen and oxygen atoms in total. The number of nitrogens with zero attached hydrogens (tertiary/aromatic N) is 6. The molecule has 0 bridgehead atoms. The smallest absolute Gasteiger partial charge is 0.267 e. The van der Waals surface area contributed by atoms with E-state index in [1.165, 1.54) is 22.9 Å². The number of rotatable bonds is 5. The van der Waals surface area contributed by atoms with Crippen LogP contribution in [0.5, 0.6) is 0 Å². The zero-order valence-corrected chi connectivity index (χ0v) is 18.8. The summed E-state index contributed by atoms with van der Waals surface area (Å²) in [7, 11) is 0. The van der Waals surface area contributed by atoms with Crippen molar-refractivity contribution < 1.29 is 4.39 Å². The molecule has 0 saturated heterocycles. The van der Waals surface area contributed by atoms with Crippen molar-refractivity contribution in [2.75, 3.05) is 29.1 Å². The van der Waals surface area contributed by atoms with E-state index >= 15 is 0 Å². The third kappa shape index (κ3) is 3.71. The molecule has 35 heavy (non-hydrogen) atoms. The van der Waals surface area contributed by atoms with Gasteiger partial charge in [0.15, 0.2) is 5.82 Å². The Morgan fingerprint density at radius 1 is 1.17 bits per heavy atom. The van der Waals surface area contributed by atoms with Gasteiger partial charge in [-0.2, -0.15) is 15.2 Å². The van der Waals surface area contributed by atoms with Crippen LogP contribution in [0.4, 0.5) is 27.8 Å². The average Bonchev–Trinajstić information content (AvgIpc) is 3.61. The molecule has 3 heterocycles. The van der Waals surface area contributed by atoms with Crippen molar-refractivity contribution in [3.8, 4) is 11.8 Å². The number of halogens is 2. The lowest BCUT2D eigenvalue weighted by atomic mass is 10.0.